The van der Waals surface area contributed by atoms with E-state index in [1.165, 1.54) is 24.3 Å². The van der Waals surface area contributed by atoms with Crippen LogP contribution in [0.15, 0.2) is 66.0 Å². The quantitative estimate of drug-likeness (QED) is 0.420. The molecule has 0 aliphatic rings. The average Bonchev–Trinajstić information content (AvgIpc) is 3.21. The van der Waals surface area contributed by atoms with Crippen LogP contribution in [0.3, 0.4) is 0 Å². The van der Waals surface area contributed by atoms with E-state index in [-0.39, 0.29) is 24.4 Å². The maximum absolute atomic E-state index is 13.5. The van der Waals surface area contributed by atoms with Crippen LogP contribution in [-0.2, 0) is 17.9 Å². The third-order valence-electron chi connectivity index (χ3n) is 5.65. The fraction of sp³-hybridized carbons (Fsp3) is 0.308. The number of amides is 2. The van der Waals surface area contributed by atoms with Gasteiger partial charge in [0.25, 0.3) is 5.91 Å². The van der Waals surface area contributed by atoms with Gasteiger partial charge in [-0.25, -0.2) is 4.39 Å². The van der Waals surface area contributed by atoms with Crippen LogP contribution in [0.5, 0.6) is 0 Å². The molecule has 0 saturated heterocycles. The number of thiophene rings is 1. The first-order valence-electron chi connectivity index (χ1n) is 10.8. The van der Waals surface area contributed by atoms with Gasteiger partial charge in [-0.05, 0) is 67.1 Å². The topological polar surface area (TPSA) is 40.6 Å². The Morgan fingerprint density at radius 3 is 2.28 bits per heavy atom. The van der Waals surface area contributed by atoms with E-state index in [1.807, 2.05) is 61.4 Å². The minimum atomic E-state index is -0.395. The summed E-state index contributed by atoms with van der Waals surface area (Å²) in [4.78, 5) is 31.2. The monoisotopic (exact) mass is 452 g/mol. The molecule has 3 rings (SSSR count). The van der Waals surface area contributed by atoms with Crippen LogP contribution < -0.4 is 0 Å². The van der Waals surface area contributed by atoms with Crippen LogP contribution >= 0.6 is 11.3 Å². The largest absolute Gasteiger partial charge is 0.332 e. The smallest absolute Gasteiger partial charge is 0.254 e. The zero-order valence-corrected chi connectivity index (χ0v) is 19.6. The van der Waals surface area contributed by atoms with Gasteiger partial charge in [0.1, 0.15) is 12.4 Å². The summed E-state index contributed by atoms with van der Waals surface area (Å²) in [5.74, 6) is -0.773. The van der Waals surface area contributed by atoms with Gasteiger partial charge in [0.2, 0.25) is 5.91 Å². The second-order valence-electron chi connectivity index (χ2n) is 7.96. The van der Waals surface area contributed by atoms with Crippen LogP contribution in [-0.4, -0.2) is 34.2 Å². The predicted octanol–water partition coefficient (Wildman–Crippen LogP) is 5.67. The number of carbonyl (C=O) groups is 2. The van der Waals surface area contributed by atoms with Crippen molar-refractivity contribution in [2.75, 3.05) is 6.54 Å². The summed E-state index contributed by atoms with van der Waals surface area (Å²) in [5, 5.41) is 2.03. The van der Waals surface area contributed by atoms with Crippen molar-refractivity contribution in [1.29, 1.82) is 0 Å². The van der Waals surface area contributed by atoms with E-state index in [2.05, 4.69) is 6.07 Å². The zero-order chi connectivity index (χ0) is 23.1. The highest BCUT2D eigenvalue weighted by Gasteiger charge is 2.26. The molecule has 4 nitrogen and oxygen atoms in total. The molecule has 2 aromatic carbocycles. The molecule has 0 aliphatic heterocycles. The molecular formula is C26H29FN2O2S. The molecule has 1 atom stereocenters. The molecule has 0 bridgehead atoms. The first-order chi connectivity index (χ1) is 15.4. The van der Waals surface area contributed by atoms with Gasteiger partial charge in [0.15, 0.2) is 0 Å². The third kappa shape index (κ3) is 6.04. The molecular weight excluding hydrogens is 423 g/mol. The van der Waals surface area contributed by atoms with Crippen LogP contribution in [0, 0.1) is 12.7 Å². The van der Waals surface area contributed by atoms with E-state index in [0.717, 1.165) is 16.0 Å². The molecule has 1 heterocycles. The van der Waals surface area contributed by atoms with Crippen LogP contribution in [0.25, 0.3) is 0 Å². The van der Waals surface area contributed by atoms with Gasteiger partial charge < -0.3 is 9.80 Å². The summed E-state index contributed by atoms with van der Waals surface area (Å²) in [6.07, 6.45) is 0.711. The number of carbonyl (C=O) groups excluding carboxylic acids is 2. The Morgan fingerprint density at radius 1 is 1.00 bits per heavy atom. The molecule has 0 saturated carbocycles. The normalized spacial score (nSPS) is 11.8. The molecule has 6 heteroatoms. The SMILES string of the molecule is CCC(C)N(CC(=O)N(Cc1ccccc1)Cc1sccc1C)C(=O)c1ccc(F)cc1. The highest BCUT2D eigenvalue weighted by molar-refractivity contribution is 7.10. The number of nitrogens with zero attached hydrogens (tertiary/aromatic N) is 2. The van der Waals surface area contributed by atoms with Crippen molar-refractivity contribution in [3.63, 3.8) is 0 Å². The van der Waals surface area contributed by atoms with Gasteiger partial charge in [-0.1, -0.05) is 37.3 Å². The number of halogens is 1. The number of aryl methyl sites for hydroxylation is 1. The van der Waals surface area contributed by atoms with Gasteiger partial charge >= 0.3 is 0 Å². The van der Waals surface area contributed by atoms with Crippen molar-refractivity contribution in [2.45, 2.75) is 46.3 Å². The highest BCUT2D eigenvalue weighted by atomic mass is 32.1. The molecule has 0 N–H and O–H groups in total. The van der Waals surface area contributed by atoms with Crippen molar-refractivity contribution in [1.82, 2.24) is 9.80 Å². The molecule has 1 aromatic heterocycles. The van der Waals surface area contributed by atoms with Crippen molar-refractivity contribution in [2.24, 2.45) is 0 Å². The van der Waals surface area contributed by atoms with E-state index in [9.17, 15) is 14.0 Å². The van der Waals surface area contributed by atoms with Gasteiger partial charge in [0, 0.05) is 23.0 Å². The summed E-state index contributed by atoms with van der Waals surface area (Å²) in [7, 11) is 0. The van der Waals surface area contributed by atoms with Crippen LogP contribution in [0.1, 0.15) is 46.6 Å². The minimum absolute atomic E-state index is 0.0253. The Kier molecular flexibility index (Phi) is 8.17. The Labute approximate surface area is 193 Å². The summed E-state index contributed by atoms with van der Waals surface area (Å²) in [6.45, 7) is 6.89. The number of hydrogen-bond donors (Lipinski definition) is 0. The van der Waals surface area contributed by atoms with Crippen LogP contribution in [0.4, 0.5) is 4.39 Å². The minimum Gasteiger partial charge on any atom is -0.332 e. The standard InChI is InChI=1S/C26H29FN2O2S/c1-4-20(3)29(26(31)22-10-12-23(27)13-11-22)18-25(30)28(16-21-8-6-5-7-9-21)17-24-19(2)14-15-32-24/h5-15,20H,4,16-18H2,1-3H3. The van der Waals surface area contributed by atoms with Crippen molar-refractivity contribution < 1.29 is 14.0 Å². The average molecular weight is 453 g/mol. The lowest BCUT2D eigenvalue weighted by Gasteiger charge is -2.31. The van der Waals surface area contributed by atoms with Crippen molar-refractivity contribution >= 4 is 23.2 Å². The van der Waals surface area contributed by atoms with Gasteiger partial charge in [-0.2, -0.15) is 0 Å². The first-order valence-corrected chi connectivity index (χ1v) is 11.7. The molecule has 0 spiro atoms. The summed E-state index contributed by atoms with van der Waals surface area (Å²) < 4.78 is 13.3. The summed E-state index contributed by atoms with van der Waals surface area (Å²) in [6, 6.07) is 17.3. The summed E-state index contributed by atoms with van der Waals surface area (Å²) in [5.41, 5.74) is 2.57. The van der Waals surface area contributed by atoms with E-state index in [0.29, 0.717) is 25.1 Å². The van der Waals surface area contributed by atoms with E-state index >= 15 is 0 Å². The second-order valence-corrected chi connectivity index (χ2v) is 8.96. The number of rotatable bonds is 9. The maximum Gasteiger partial charge on any atom is 0.254 e. The fourth-order valence-corrected chi connectivity index (χ4v) is 4.35. The van der Waals surface area contributed by atoms with Gasteiger partial charge in [-0.15, -0.1) is 11.3 Å². The molecule has 32 heavy (non-hydrogen) atoms. The zero-order valence-electron chi connectivity index (χ0n) is 18.8. The lowest BCUT2D eigenvalue weighted by Crippen LogP contribution is -2.46. The summed E-state index contributed by atoms with van der Waals surface area (Å²) >= 11 is 1.63. The van der Waals surface area contributed by atoms with E-state index < -0.39 is 5.82 Å². The molecule has 3 aromatic rings. The lowest BCUT2D eigenvalue weighted by molar-refractivity contribution is -0.133. The van der Waals surface area contributed by atoms with Crippen LogP contribution in [0.2, 0.25) is 0 Å². The molecule has 2 amide bonds. The molecule has 0 radical (unpaired) electrons. The van der Waals surface area contributed by atoms with Gasteiger partial charge in [-0.3, -0.25) is 9.59 Å². The second kappa shape index (κ2) is 11.0. The van der Waals surface area contributed by atoms with Gasteiger partial charge in [0.05, 0.1) is 6.54 Å². The third-order valence-corrected chi connectivity index (χ3v) is 6.66. The maximum atomic E-state index is 13.5. The highest BCUT2D eigenvalue weighted by Crippen LogP contribution is 2.20. The van der Waals surface area contributed by atoms with E-state index in [4.69, 9.17) is 0 Å². The molecule has 168 valence electrons. The van der Waals surface area contributed by atoms with Crippen molar-refractivity contribution in [3.05, 3.63) is 93.4 Å². The van der Waals surface area contributed by atoms with Crippen molar-refractivity contribution in [3.8, 4) is 0 Å². The predicted molar refractivity (Wildman–Crippen MR) is 127 cm³/mol. The van der Waals surface area contributed by atoms with E-state index in [1.54, 1.807) is 16.2 Å². The Morgan fingerprint density at radius 2 is 1.69 bits per heavy atom. The first kappa shape index (κ1) is 23.7. The molecule has 1 unspecified atom stereocenters. The molecule has 0 fully saturated rings. The number of hydrogen-bond acceptors (Lipinski definition) is 3. The lowest BCUT2D eigenvalue weighted by atomic mass is 10.1. The fourth-order valence-electron chi connectivity index (χ4n) is 3.43. The molecule has 0 aliphatic carbocycles. The Hall–Kier alpha value is -2.99. The Balaban J connectivity index is 1.84. The number of benzene rings is 2. The Bertz CT molecular complexity index is 1030.